The topological polar surface area (TPSA) is 57.7 Å². The summed E-state index contributed by atoms with van der Waals surface area (Å²) < 4.78 is 0. The highest BCUT2D eigenvalue weighted by Crippen LogP contribution is 2.37. The predicted molar refractivity (Wildman–Crippen MR) is 74.6 cm³/mol. The number of likely N-dealkylation sites (tertiary alicyclic amines) is 1. The van der Waals surface area contributed by atoms with Gasteiger partial charge in [0.25, 0.3) is 0 Å². The van der Waals surface area contributed by atoms with Crippen LogP contribution in [-0.4, -0.2) is 47.2 Å². The molecular weight excluding hydrogens is 256 g/mol. The third kappa shape index (κ3) is 2.49. The fourth-order valence-corrected chi connectivity index (χ4v) is 3.07. The Morgan fingerprint density at radius 2 is 1.85 bits per heavy atom. The standard InChI is InChI=1S/C15H22N2O3/c1-4-16(5-2)13(18)9-17-14(19)11-7-6-10(3)8-12(11)15(17)20/h6,11-12H,4-5,7-9H2,1-3H3/t11-,12+/m1/s1. The molecule has 1 saturated heterocycles. The number of hydrogen-bond donors (Lipinski definition) is 0. The van der Waals surface area contributed by atoms with Crippen molar-refractivity contribution in [2.75, 3.05) is 19.6 Å². The lowest BCUT2D eigenvalue weighted by Crippen LogP contribution is -2.43. The summed E-state index contributed by atoms with van der Waals surface area (Å²) in [7, 11) is 0. The zero-order chi connectivity index (χ0) is 14.9. The Morgan fingerprint density at radius 3 is 2.45 bits per heavy atom. The first-order valence-corrected chi connectivity index (χ1v) is 7.28. The molecule has 1 aliphatic heterocycles. The van der Waals surface area contributed by atoms with E-state index in [2.05, 4.69) is 0 Å². The van der Waals surface area contributed by atoms with E-state index in [1.807, 2.05) is 26.8 Å². The highest BCUT2D eigenvalue weighted by Gasteiger charge is 2.48. The van der Waals surface area contributed by atoms with Crippen LogP contribution in [0.4, 0.5) is 0 Å². The van der Waals surface area contributed by atoms with Crippen molar-refractivity contribution in [1.29, 1.82) is 0 Å². The number of rotatable bonds is 4. The average molecular weight is 278 g/mol. The maximum absolute atomic E-state index is 12.3. The van der Waals surface area contributed by atoms with Gasteiger partial charge in [0.2, 0.25) is 17.7 Å². The van der Waals surface area contributed by atoms with Crippen LogP contribution in [0.3, 0.4) is 0 Å². The fraction of sp³-hybridized carbons (Fsp3) is 0.667. The Hall–Kier alpha value is -1.65. The average Bonchev–Trinajstić information content (AvgIpc) is 2.65. The summed E-state index contributed by atoms with van der Waals surface area (Å²) >= 11 is 0. The van der Waals surface area contributed by atoms with E-state index >= 15 is 0 Å². The summed E-state index contributed by atoms with van der Waals surface area (Å²) in [6, 6.07) is 0. The van der Waals surface area contributed by atoms with Crippen LogP contribution >= 0.6 is 0 Å². The van der Waals surface area contributed by atoms with Crippen molar-refractivity contribution >= 4 is 17.7 Å². The van der Waals surface area contributed by atoms with Gasteiger partial charge >= 0.3 is 0 Å². The molecule has 0 aromatic heterocycles. The molecule has 2 aliphatic rings. The Bertz CT molecular complexity index is 466. The normalized spacial score (nSPS) is 25.6. The Morgan fingerprint density at radius 1 is 1.25 bits per heavy atom. The van der Waals surface area contributed by atoms with E-state index in [0.29, 0.717) is 25.9 Å². The highest BCUT2D eigenvalue weighted by molar-refractivity contribution is 6.07. The van der Waals surface area contributed by atoms with Crippen LogP contribution < -0.4 is 0 Å². The van der Waals surface area contributed by atoms with Crippen LogP contribution in [0.1, 0.15) is 33.6 Å². The minimum Gasteiger partial charge on any atom is -0.342 e. The molecule has 0 spiro atoms. The zero-order valence-electron chi connectivity index (χ0n) is 12.4. The van der Waals surface area contributed by atoms with E-state index in [1.54, 1.807) is 4.90 Å². The van der Waals surface area contributed by atoms with E-state index in [4.69, 9.17) is 0 Å². The summed E-state index contributed by atoms with van der Waals surface area (Å²) in [5.41, 5.74) is 1.16. The monoisotopic (exact) mass is 278 g/mol. The first kappa shape index (κ1) is 14.8. The number of allylic oxidation sites excluding steroid dienone is 2. The van der Waals surface area contributed by atoms with Crippen LogP contribution in [0.5, 0.6) is 0 Å². The largest absolute Gasteiger partial charge is 0.342 e. The second kappa shape index (κ2) is 5.77. The van der Waals surface area contributed by atoms with Gasteiger partial charge in [-0.3, -0.25) is 19.3 Å². The maximum atomic E-state index is 12.3. The lowest BCUT2D eigenvalue weighted by atomic mass is 9.82. The number of nitrogens with zero attached hydrogens (tertiary/aromatic N) is 2. The van der Waals surface area contributed by atoms with Crippen molar-refractivity contribution in [2.24, 2.45) is 11.8 Å². The van der Waals surface area contributed by atoms with Gasteiger partial charge in [0, 0.05) is 13.1 Å². The number of likely N-dealkylation sites (N-methyl/N-ethyl adjacent to an activating group) is 1. The number of hydrogen-bond acceptors (Lipinski definition) is 3. The number of carbonyl (C=O) groups excluding carboxylic acids is 3. The van der Waals surface area contributed by atoms with Gasteiger partial charge in [-0.15, -0.1) is 0 Å². The fourth-order valence-electron chi connectivity index (χ4n) is 3.07. The smallest absolute Gasteiger partial charge is 0.242 e. The minimum absolute atomic E-state index is 0.106. The molecule has 0 aromatic rings. The van der Waals surface area contributed by atoms with Gasteiger partial charge in [-0.05, 0) is 33.6 Å². The number of fused-ring (bicyclic) bond motifs is 1. The van der Waals surface area contributed by atoms with Gasteiger partial charge in [-0.1, -0.05) is 11.6 Å². The maximum Gasteiger partial charge on any atom is 0.242 e. The van der Waals surface area contributed by atoms with E-state index in [-0.39, 0.29) is 36.1 Å². The molecule has 5 heteroatoms. The molecule has 3 amide bonds. The second-order valence-electron chi connectivity index (χ2n) is 5.53. The molecular formula is C15H22N2O3. The van der Waals surface area contributed by atoms with Gasteiger partial charge in [0.15, 0.2) is 0 Å². The van der Waals surface area contributed by atoms with Crippen molar-refractivity contribution in [3.63, 3.8) is 0 Å². The van der Waals surface area contributed by atoms with E-state index in [9.17, 15) is 14.4 Å². The molecule has 0 bridgehead atoms. The zero-order valence-corrected chi connectivity index (χ0v) is 12.4. The molecule has 0 saturated carbocycles. The summed E-state index contributed by atoms with van der Waals surface area (Å²) in [6.07, 6.45) is 3.30. The van der Waals surface area contributed by atoms with Crippen molar-refractivity contribution in [2.45, 2.75) is 33.6 Å². The summed E-state index contributed by atoms with van der Waals surface area (Å²) in [5.74, 6) is -1.01. The van der Waals surface area contributed by atoms with Crippen molar-refractivity contribution < 1.29 is 14.4 Å². The van der Waals surface area contributed by atoms with E-state index in [1.165, 1.54) is 4.90 Å². The third-order valence-corrected chi connectivity index (χ3v) is 4.32. The molecule has 0 N–H and O–H groups in total. The second-order valence-corrected chi connectivity index (χ2v) is 5.53. The molecule has 5 nitrogen and oxygen atoms in total. The summed E-state index contributed by atoms with van der Waals surface area (Å²) in [4.78, 5) is 39.5. The molecule has 1 aliphatic carbocycles. The number of imide groups is 1. The Balaban J connectivity index is 2.09. The number of carbonyl (C=O) groups is 3. The predicted octanol–water partition coefficient (Wildman–Crippen LogP) is 1.20. The molecule has 2 atom stereocenters. The molecule has 0 aromatic carbocycles. The molecule has 110 valence electrons. The minimum atomic E-state index is -0.254. The lowest BCUT2D eigenvalue weighted by Gasteiger charge is -2.22. The third-order valence-electron chi connectivity index (χ3n) is 4.32. The lowest BCUT2D eigenvalue weighted by molar-refractivity contribution is -0.146. The van der Waals surface area contributed by atoms with Crippen molar-refractivity contribution in [3.05, 3.63) is 11.6 Å². The van der Waals surface area contributed by atoms with Gasteiger partial charge < -0.3 is 4.90 Å². The molecule has 20 heavy (non-hydrogen) atoms. The van der Waals surface area contributed by atoms with Crippen molar-refractivity contribution in [1.82, 2.24) is 9.80 Å². The van der Waals surface area contributed by atoms with Crippen LogP contribution in [0, 0.1) is 11.8 Å². The van der Waals surface area contributed by atoms with Gasteiger partial charge in [0.05, 0.1) is 11.8 Å². The van der Waals surface area contributed by atoms with Crippen LogP contribution in [0.25, 0.3) is 0 Å². The number of amides is 3. The Kier molecular flexibility index (Phi) is 4.26. The van der Waals surface area contributed by atoms with Gasteiger partial charge in [-0.2, -0.15) is 0 Å². The summed E-state index contributed by atoms with van der Waals surface area (Å²) in [6.45, 7) is 6.85. The Labute approximate surface area is 119 Å². The van der Waals surface area contributed by atoms with Gasteiger partial charge in [-0.25, -0.2) is 0 Å². The van der Waals surface area contributed by atoms with Crippen LogP contribution in [0.2, 0.25) is 0 Å². The molecule has 0 unspecified atom stereocenters. The summed E-state index contributed by atoms with van der Waals surface area (Å²) in [5, 5.41) is 0. The first-order valence-electron chi connectivity index (χ1n) is 7.28. The van der Waals surface area contributed by atoms with Crippen LogP contribution in [0.15, 0.2) is 11.6 Å². The quantitative estimate of drug-likeness (QED) is 0.573. The first-order chi connectivity index (χ1) is 9.49. The molecule has 0 radical (unpaired) electrons. The highest BCUT2D eigenvalue weighted by atomic mass is 16.2. The van der Waals surface area contributed by atoms with E-state index in [0.717, 1.165) is 5.57 Å². The van der Waals surface area contributed by atoms with Crippen molar-refractivity contribution in [3.8, 4) is 0 Å². The SMILES string of the molecule is CCN(CC)C(=O)CN1C(=O)[C@H]2CC(C)=CC[C@H]2C1=O. The molecule has 2 rings (SSSR count). The van der Waals surface area contributed by atoms with E-state index < -0.39 is 0 Å². The molecule has 1 heterocycles. The van der Waals surface area contributed by atoms with Crippen LogP contribution in [-0.2, 0) is 14.4 Å². The van der Waals surface area contributed by atoms with Gasteiger partial charge in [0.1, 0.15) is 6.54 Å². The molecule has 1 fully saturated rings.